The molecule has 2 aromatic carbocycles. The van der Waals surface area contributed by atoms with Gasteiger partial charge in [0.15, 0.2) is 11.5 Å². The molecule has 2 saturated heterocycles. The Kier molecular flexibility index (Phi) is 8.59. The number of carbonyl (C=O) groups excluding carboxylic acids is 2. The van der Waals surface area contributed by atoms with E-state index in [2.05, 4.69) is 0 Å². The molecule has 2 aromatic rings. The Morgan fingerprint density at radius 3 is 2.39 bits per heavy atom. The van der Waals surface area contributed by atoms with Crippen LogP contribution in [0.25, 0.3) is 0 Å². The standard InChI is InChI=1S/C27H33ClN2O6/c1-33-23-9-4-20(16-24(23)34-2)26(32)30-11-3-10-27(18-30,17-25(31)29-12-14-35-15-13-29)19-36-22-7-5-21(28)6-8-22/h4-9,16H,3,10-15,17-19H2,1-2H3/t27-/m1/s1. The lowest BCUT2D eigenvalue weighted by atomic mass is 9.77. The molecule has 36 heavy (non-hydrogen) atoms. The Labute approximate surface area is 217 Å². The van der Waals surface area contributed by atoms with Crippen LogP contribution in [0.5, 0.6) is 17.2 Å². The number of piperidine rings is 1. The Morgan fingerprint density at radius 1 is 0.972 bits per heavy atom. The van der Waals surface area contributed by atoms with Gasteiger partial charge < -0.3 is 28.7 Å². The number of ether oxygens (including phenoxy) is 4. The smallest absolute Gasteiger partial charge is 0.254 e. The van der Waals surface area contributed by atoms with Gasteiger partial charge in [-0.2, -0.15) is 0 Å². The first-order valence-corrected chi connectivity index (χ1v) is 12.6. The number of rotatable bonds is 8. The number of nitrogens with zero attached hydrogens (tertiary/aromatic N) is 2. The second-order valence-corrected chi connectivity index (χ2v) is 9.75. The third-order valence-electron chi connectivity index (χ3n) is 6.83. The summed E-state index contributed by atoms with van der Waals surface area (Å²) < 4.78 is 22.3. The Bertz CT molecular complexity index is 1060. The third kappa shape index (κ3) is 6.23. The van der Waals surface area contributed by atoms with Crippen LogP contribution in [0.2, 0.25) is 5.02 Å². The van der Waals surface area contributed by atoms with Crippen molar-refractivity contribution in [3.63, 3.8) is 0 Å². The molecule has 2 amide bonds. The number of halogens is 1. The maximum absolute atomic E-state index is 13.5. The van der Waals surface area contributed by atoms with Crippen molar-refractivity contribution in [3.8, 4) is 17.2 Å². The van der Waals surface area contributed by atoms with E-state index in [1.54, 1.807) is 44.6 Å². The van der Waals surface area contributed by atoms with Crippen LogP contribution in [0.4, 0.5) is 0 Å². The van der Waals surface area contributed by atoms with Crippen molar-refractivity contribution < 1.29 is 28.5 Å². The highest BCUT2D eigenvalue weighted by atomic mass is 35.5. The van der Waals surface area contributed by atoms with Crippen LogP contribution < -0.4 is 14.2 Å². The van der Waals surface area contributed by atoms with Crippen molar-refractivity contribution in [3.05, 3.63) is 53.1 Å². The van der Waals surface area contributed by atoms with Crippen LogP contribution in [0.3, 0.4) is 0 Å². The first-order valence-electron chi connectivity index (χ1n) is 12.2. The zero-order valence-electron chi connectivity index (χ0n) is 20.8. The summed E-state index contributed by atoms with van der Waals surface area (Å²) in [5.41, 5.74) is 0.000953. The minimum absolute atomic E-state index is 0.0680. The van der Waals surface area contributed by atoms with Gasteiger partial charge in [-0.3, -0.25) is 9.59 Å². The molecule has 0 aromatic heterocycles. The number of benzene rings is 2. The van der Waals surface area contributed by atoms with Crippen LogP contribution >= 0.6 is 11.6 Å². The topological polar surface area (TPSA) is 77.5 Å². The molecule has 2 aliphatic rings. The van der Waals surface area contributed by atoms with E-state index < -0.39 is 5.41 Å². The van der Waals surface area contributed by atoms with Crippen LogP contribution in [0.15, 0.2) is 42.5 Å². The van der Waals surface area contributed by atoms with Gasteiger partial charge in [0, 0.05) is 48.6 Å². The van der Waals surface area contributed by atoms with Gasteiger partial charge in [0.05, 0.1) is 34.0 Å². The van der Waals surface area contributed by atoms with Crippen molar-refractivity contribution in [2.24, 2.45) is 5.41 Å². The van der Waals surface area contributed by atoms with Gasteiger partial charge >= 0.3 is 0 Å². The summed E-state index contributed by atoms with van der Waals surface area (Å²) in [5, 5.41) is 0.629. The average molecular weight is 517 g/mol. The maximum atomic E-state index is 13.5. The highest BCUT2D eigenvalue weighted by Gasteiger charge is 2.41. The Hall–Kier alpha value is -2.97. The fraction of sp³-hybridized carbons (Fsp3) is 0.481. The maximum Gasteiger partial charge on any atom is 0.254 e. The van der Waals surface area contributed by atoms with Gasteiger partial charge in [0.25, 0.3) is 5.91 Å². The zero-order chi connectivity index (χ0) is 25.5. The lowest BCUT2D eigenvalue weighted by Gasteiger charge is -2.43. The van der Waals surface area contributed by atoms with Gasteiger partial charge in [-0.25, -0.2) is 0 Å². The highest BCUT2D eigenvalue weighted by Crippen LogP contribution is 2.37. The molecule has 9 heteroatoms. The molecule has 1 atom stereocenters. The van der Waals surface area contributed by atoms with E-state index in [0.29, 0.717) is 80.3 Å². The summed E-state index contributed by atoms with van der Waals surface area (Å²) >= 11 is 6.02. The van der Waals surface area contributed by atoms with Gasteiger partial charge in [-0.1, -0.05) is 11.6 Å². The van der Waals surface area contributed by atoms with Crippen molar-refractivity contribution in [1.29, 1.82) is 0 Å². The molecular weight excluding hydrogens is 484 g/mol. The van der Waals surface area contributed by atoms with E-state index in [1.165, 1.54) is 0 Å². The fourth-order valence-corrected chi connectivity index (χ4v) is 4.98. The number of hydrogen-bond acceptors (Lipinski definition) is 6. The molecule has 0 bridgehead atoms. The van der Waals surface area contributed by atoms with Crippen molar-refractivity contribution in [2.45, 2.75) is 19.3 Å². The number of hydrogen-bond donors (Lipinski definition) is 0. The lowest BCUT2D eigenvalue weighted by molar-refractivity contribution is -0.139. The summed E-state index contributed by atoms with van der Waals surface area (Å²) in [6, 6.07) is 12.3. The van der Waals surface area contributed by atoms with Crippen molar-refractivity contribution in [1.82, 2.24) is 9.80 Å². The largest absolute Gasteiger partial charge is 0.493 e. The average Bonchev–Trinajstić information content (AvgIpc) is 2.92. The van der Waals surface area contributed by atoms with E-state index in [9.17, 15) is 9.59 Å². The summed E-state index contributed by atoms with van der Waals surface area (Å²) in [5.74, 6) is 1.71. The first kappa shape index (κ1) is 26.1. The van der Waals surface area contributed by atoms with Crippen molar-refractivity contribution >= 4 is 23.4 Å². The zero-order valence-corrected chi connectivity index (χ0v) is 21.6. The number of morpholine rings is 1. The quantitative estimate of drug-likeness (QED) is 0.529. The van der Waals surface area contributed by atoms with Gasteiger partial charge in [0.1, 0.15) is 5.75 Å². The molecule has 0 saturated carbocycles. The van der Waals surface area contributed by atoms with Crippen LogP contribution in [0, 0.1) is 5.41 Å². The van der Waals surface area contributed by atoms with Crippen LogP contribution in [0.1, 0.15) is 29.6 Å². The minimum atomic E-state index is -0.514. The molecule has 4 rings (SSSR count). The summed E-state index contributed by atoms with van der Waals surface area (Å²) in [4.78, 5) is 30.5. The van der Waals surface area contributed by atoms with E-state index in [4.69, 9.17) is 30.5 Å². The monoisotopic (exact) mass is 516 g/mol. The van der Waals surface area contributed by atoms with Gasteiger partial charge in [0.2, 0.25) is 5.91 Å². The predicted molar refractivity (Wildman–Crippen MR) is 136 cm³/mol. The molecule has 2 aliphatic heterocycles. The SMILES string of the molecule is COc1ccc(C(=O)N2CCC[C@@](COc3ccc(Cl)cc3)(CC(=O)N3CCOCC3)C2)cc1OC. The first-order chi connectivity index (χ1) is 17.4. The molecule has 0 spiro atoms. The van der Waals surface area contributed by atoms with Gasteiger partial charge in [-0.05, 0) is 55.3 Å². The molecule has 2 heterocycles. The van der Waals surface area contributed by atoms with Crippen LogP contribution in [-0.4, -0.2) is 81.8 Å². The molecular formula is C27H33ClN2O6. The van der Waals surface area contributed by atoms with E-state index in [-0.39, 0.29) is 11.8 Å². The summed E-state index contributed by atoms with van der Waals surface area (Å²) in [7, 11) is 3.11. The number of carbonyl (C=O) groups is 2. The second-order valence-electron chi connectivity index (χ2n) is 9.31. The number of likely N-dealkylation sites (tertiary alicyclic amines) is 1. The van der Waals surface area contributed by atoms with E-state index >= 15 is 0 Å². The Balaban J connectivity index is 1.54. The normalized spacial score (nSPS) is 20.1. The fourth-order valence-electron chi connectivity index (χ4n) is 4.86. The molecule has 0 aliphatic carbocycles. The number of methoxy groups -OCH3 is 2. The number of amides is 2. The van der Waals surface area contributed by atoms with E-state index in [0.717, 1.165) is 12.8 Å². The molecule has 0 radical (unpaired) electrons. The molecule has 2 fully saturated rings. The molecule has 0 unspecified atom stereocenters. The Morgan fingerprint density at radius 2 is 1.69 bits per heavy atom. The van der Waals surface area contributed by atoms with E-state index in [1.807, 2.05) is 21.9 Å². The highest BCUT2D eigenvalue weighted by molar-refractivity contribution is 6.30. The predicted octanol–water partition coefficient (Wildman–Crippen LogP) is 3.91. The summed E-state index contributed by atoms with van der Waals surface area (Å²) in [6.07, 6.45) is 1.86. The van der Waals surface area contributed by atoms with Gasteiger partial charge in [-0.15, -0.1) is 0 Å². The third-order valence-corrected chi connectivity index (χ3v) is 7.08. The molecule has 194 valence electrons. The lowest BCUT2D eigenvalue weighted by Crippen LogP contribution is -2.52. The second kappa shape index (κ2) is 11.8. The minimum Gasteiger partial charge on any atom is -0.493 e. The van der Waals surface area contributed by atoms with Crippen LogP contribution in [-0.2, 0) is 9.53 Å². The summed E-state index contributed by atoms with van der Waals surface area (Å²) in [6.45, 7) is 3.61. The van der Waals surface area contributed by atoms with Crippen molar-refractivity contribution in [2.75, 3.05) is 60.2 Å². The molecule has 8 nitrogen and oxygen atoms in total. The molecule has 0 N–H and O–H groups in total.